The van der Waals surface area contributed by atoms with Crippen molar-refractivity contribution in [1.82, 2.24) is 15.0 Å². The highest BCUT2D eigenvalue weighted by Gasteiger charge is 2.10. The first kappa shape index (κ1) is 20.6. The molecule has 0 amide bonds. The second kappa shape index (κ2) is 9.38. The number of nitrogens with two attached hydrogens (primary N) is 1. The summed E-state index contributed by atoms with van der Waals surface area (Å²) in [5.41, 5.74) is 10.0. The number of carbonyl (C=O) groups excluding carboxylic acids is 1. The molecule has 3 N–H and O–H groups in total. The number of ether oxygens (including phenoxy) is 1. The lowest BCUT2D eigenvalue weighted by Crippen LogP contribution is -2.12. The Hall–Kier alpha value is -3.13. The number of rotatable bonds is 7. The van der Waals surface area contributed by atoms with Crippen molar-refractivity contribution in [2.45, 2.75) is 32.3 Å². The predicted octanol–water partition coefficient (Wildman–Crippen LogP) is 3.96. The molecule has 3 aromatic rings. The maximum atomic E-state index is 12.1. The average Bonchev–Trinajstić information content (AvgIpc) is 2.67. The Labute approximate surface area is 174 Å². The van der Waals surface area contributed by atoms with Crippen molar-refractivity contribution in [3.63, 3.8) is 0 Å². The van der Waals surface area contributed by atoms with Crippen LogP contribution in [0.4, 0.5) is 17.6 Å². The summed E-state index contributed by atoms with van der Waals surface area (Å²) in [5.74, 6) is 0.522. The number of nitrogens with zero attached hydrogens (tertiary/aromatic N) is 3. The summed E-state index contributed by atoms with van der Waals surface area (Å²) < 4.78 is 5.30. The Morgan fingerprint density at radius 3 is 2.62 bits per heavy atom. The minimum Gasteiger partial charge on any atom is -0.457 e. The predicted molar refractivity (Wildman–Crippen MR) is 115 cm³/mol. The van der Waals surface area contributed by atoms with Gasteiger partial charge in [0, 0.05) is 10.6 Å². The number of hydrogen-bond donors (Lipinski definition) is 2. The highest BCUT2D eigenvalue weighted by molar-refractivity contribution is 8.00. The Balaban J connectivity index is 1.58. The van der Waals surface area contributed by atoms with Crippen LogP contribution < -0.4 is 11.1 Å². The van der Waals surface area contributed by atoms with E-state index in [1.165, 1.54) is 17.3 Å². The third-order valence-electron chi connectivity index (χ3n) is 4.13. The number of benzene rings is 2. The molecule has 2 aromatic carbocycles. The fourth-order valence-corrected chi connectivity index (χ4v) is 3.48. The molecule has 0 spiro atoms. The zero-order chi connectivity index (χ0) is 20.8. The molecule has 0 aliphatic rings. The summed E-state index contributed by atoms with van der Waals surface area (Å²) in [6.45, 7) is 5.97. The highest BCUT2D eigenvalue weighted by atomic mass is 32.2. The second-order valence-electron chi connectivity index (χ2n) is 6.59. The molecule has 0 aliphatic carbocycles. The number of carbonyl (C=O) groups is 1. The van der Waals surface area contributed by atoms with Crippen LogP contribution in [-0.4, -0.2) is 26.7 Å². The summed E-state index contributed by atoms with van der Waals surface area (Å²) in [4.78, 5) is 25.6. The molecule has 1 aromatic heterocycles. The van der Waals surface area contributed by atoms with E-state index in [4.69, 9.17) is 10.5 Å². The van der Waals surface area contributed by atoms with Gasteiger partial charge in [-0.25, -0.2) is 0 Å². The molecule has 0 atom stereocenters. The van der Waals surface area contributed by atoms with E-state index in [1.807, 2.05) is 57.2 Å². The molecular formula is C21H23N5O2S. The van der Waals surface area contributed by atoms with Crippen LogP contribution in [0.5, 0.6) is 0 Å². The zero-order valence-electron chi connectivity index (χ0n) is 16.6. The number of anilines is 3. The molecule has 0 bridgehead atoms. The van der Waals surface area contributed by atoms with Crippen molar-refractivity contribution in [2.75, 3.05) is 16.8 Å². The minimum atomic E-state index is -0.345. The monoisotopic (exact) mass is 409 g/mol. The lowest BCUT2D eigenvalue weighted by Gasteiger charge is -2.10. The standard InChI is InChI=1S/C21H23N5O2S/c1-13-8-9-17(15(3)10-13)29-12-19(27)28-11-18-24-20(22)26-21(25-18)23-16-7-5-4-6-14(16)2/h4-10H,11-12H2,1-3H3,(H3,22,23,24,25,26). The number of thioether (sulfide) groups is 1. The smallest absolute Gasteiger partial charge is 0.316 e. The molecule has 29 heavy (non-hydrogen) atoms. The van der Waals surface area contributed by atoms with E-state index in [0.29, 0.717) is 11.8 Å². The molecule has 0 saturated carbocycles. The average molecular weight is 410 g/mol. The van der Waals surface area contributed by atoms with Crippen LogP contribution in [-0.2, 0) is 16.1 Å². The van der Waals surface area contributed by atoms with Gasteiger partial charge in [-0.05, 0) is 44.0 Å². The van der Waals surface area contributed by atoms with Crippen molar-refractivity contribution >= 4 is 35.3 Å². The van der Waals surface area contributed by atoms with Crippen molar-refractivity contribution in [2.24, 2.45) is 0 Å². The highest BCUT2D eigenvalue weighted by Crippen LogP contribution is 2.23. The molecule has 0 radical (unpaired) electrons. The molecule has 0 aliphatic heterocycles. The normalized spacial score (nSPS) is 10.6. The largest absolute Gasteiger partial charge is 0.457 e. The van der Waals surface area contributed by atoms with Gasteiger partial charge in [0.15, 0.2) is 12.4 Å². The Kier molecular flexibility index (Phi) is 6.66. The van der Waals surface area contributed by atoms with Crippen LogP contribution in [0.2, 0.25) is 0 Å². The zero-order valence-corrected chi connectivity index (χ0v) is 17.4. The van der Waals surface area contributed by atoms with E-state index >= 15 is 0 Å². The van der Waals surface area contributed by atoms with Gasteiger partial charge in [-0.2, -0.15) is 15.0 Å². The quantitative estimate of drug-likeness (QED) is 0.446. The third-order valence-corrected chi connectivity index (χ3v) is 5.28. The fourth-order valence-electron chi connectivity index (χ4n) is 2.68. The van der Waals surface area contributed by atoms with E-state index in [1.54, 1.807) is 0 Å². The van der Waals surface area contributed by atoms with Gasteiger partial charge in [-0.3, -0.25) is 4.79 Å². The van der Waals surface area contributed by atoms with Crippen LogP contribution >= 0.6 is 11.8 Å². The molecule has 0 fully saturated rings. The van der Waals surface area contributed by atoms with Crippen LogP contribution in [0.1, 0.15) is 22.5 Å². The van der Waals surface area contributed by atoms with Gasteiger partial charge >= 0.3 is 5.97 Å². The number of para-hydroxylation sites is 1. The van der Waals surface area contributed by atoms with E-state index in [-0.39, 0.29) is 24.3 Å². The van der Waals surface area contributed by atoms with Gasteiger partial charge in [-0.15, -0.1) is 11.8 Å². The Morgan fingerprint density at radius 2 is 1.86 bits per heavy atom. The van der Waals surface area contributed by atoms with E-state index < -0.39 is 0 Å². The summed E-state index contributed by atoms with van der Waals surface area (Å²) in [6.07, 6.45) is 0. The van der Waals surface area contributed by atoms with Gasteiger partial charge in [0.2, 0.25) is 11.9 Å². The molecule has 150 valence electrons. The molecular weight excluding hydrogens is 386 g/mol. The van der Waals surface area contributed by atoms with Gasteiger partial charge in [0.05, 0.1) is 5.75 Å². The minimum absolute atomic E-state index is 0.0618. The fraction of sp³-hybridized carbons (Fsp3) is 0.238. The van der Waals surface area contributed by atoms with Crippen LogP contribution in [0.3, 0.4) is 0 Å². The van der Waals surface area contributed by atoms with E-state index in [0.717, 1.165) is 21.7 Å². The summed E-state index contributed by atoms with van der Waals surface area (Å²) in [5, 5.41) is 3.11. The Morgan fingerprint density at radius 1 is 1.07 bits per heavy atom. The first-order chi connectivity index (χ1) is 13.9. The first-order valence-electron chi connectivity index (χ1n) is 9.09. The third kappa shape index (κ3) is 5.92. The number of aryl methyl sites for hydroxylation is 3. The molecule has 3 rings (SSSR count). The lowest BCUT2D eigenvalue weighted by atomic mass is 10.2. The maximum absolute atomic E-state index is 12.1. The van der Waals surface area contributed by atoms with E-state index in [9.17, 15) is 4.79 Å². The van der Waals surface area contributed by atoms with Gasteiger partial charge in [0.1, 0.15) is 0 Å². The van der Waals surface area contributed by atoms with Crippen molar-refractivity contribution in [3.8, 4) is 0 Å². The van der Waals surface area contributed by atoms with Crippen LogP contribution in [0.25, 0.3) is 0 Å². The van der Waals surface area contributed by atoms with Crippen molar-refractivity contribution < 1.29 is 9.53 Å². The van der Waals surface area contributed by atoms with Crippen molar-refractivity contribution in [3.05, 3.63) is 65.0 Å². The second-order valence-corrected chi connectivity index (χ2v) is 7.61. The molecule has 8 heteroatoms. The first-order valence-corrected chi connectivity index (χ1v) is 10.1. The molecule has 7 nitrogen and oxygen atoms in total. The van der Waals surface area contributed by atoms with Gasteiger partial charge < -0.3 is 15.8 Å². The SMILES string of the molecule is Cc1ccc(SCC(=O)OCc2nc(N)nc(Nc3ccccc3C)n2)c(C)c1. The molecule has 1 heterocycles. The number of nitrogen functional groups attached to an aromatic ring is 1. The van der Waals surface area contributed by atoms with Crippen LogP contribution in [0, 0.1) is 20.8 Å². The number of esters is 1. The number of hydrogen-bond acceptors (Lipinski definition) is 8. The molecule has 0 unspecified atom stereocenters. The summed E-state index contributed by atoms with van der Waals surface area (Å²) in [6, 6.07) is 13.9. The lowest BCUT2D eigenvalue weighted by molar-refractivity contribution is -0.141. The molecule has 0 saturated heterocycles. The summed E-state index contributed by atoms with van der Waals surface area (Å²) >= 11 is 1.44. The maximum Gasteiger partial charge on any atom is 0.316 e. The van der Waals surface area contributed by atoms with Gasteiger partial charge in [0.25, 0.3) is 0 Å². The Bertz CT molecular complexity index is 1030. The van der Waals surface area contributed by atoms with Crippen LogP contribution in [0.15, 0.2) is 47.4 Å². The van der Waals surface area contributed by atoms with Gasteiger partial charge in [-0.1, -0.05) is 35.9 Å². The van der Waals surface area contributed by atoms with E-state index in [2.05, 4.69) is 26.3 Å². The number of nitrogens with one attached hydrogen (secondary N) is 1. The van der Waals surface area contributed by atoms with Crippen molar-refractivity contribution in [1.29, 1.82) is 0 Å². The summed E-state index contributed by atoms with van der Waals surface area (Å²) in [7, 11) is 0. The topological polar surface area (TPSA) is 103 Å². The number of aromatic nitrogens is 3.